The number of ether oxygens (including phenoxy) is 3. The zero-order valence-electron chi connectivity index (χ0n) is 18.0. The molecule has 3 rings (SSSR count). The van der Waals surface area contributed by atoms with Crippen molar-refractivity contribution in [2.45, 2.75) is 27.0 Å². The molecule has 0 saturated carbocycles. The number of aryl methyl sites for hydroxylation is 2. The number of nitrogens with one attached hydrogen (secondary N) is 1. The second-order valence-corrected chi connectivity index (χ2v) is 7.83. The van der Waals surface area contributed by atoms with Gasteiger partial charge in [-0.1, -0.05) is 17.3 Å². The minimum absolute atomic E-state index is 0.299. The first-order valence-electron chi connectivity index (χ1n) is 9.82. The lowest BCUT2D eigenvalue weighted by Gasteiger charge is -2.11. The van der Waals surface area contributed by atoms with Gasteiger partial charge in [-0.15, -0.1) is 11.3 Å². The molecule has 0 aliphatic carbocycles. The maximum absolute atomic E-state index is 11.9. The van der Waals surface area contributed by atoms with Crippen LogP contribution in [0.2, 0.25) is 0 Å². The van der Waals surface area contributed by atoms with Gasteiger partial charge in [-0.3, -0.25) is 4.79 Å². The van der Waals surface area contributed by atoms with Crippen molar-refractivity contribution >= 4 is 29.3 Å². The number of thiophene rings is 1. The molecule has 0 spiro atoms. The molecule has 1 amide bonds. The van der Waals surface area contributed by atoms with Crippen LogP contribution in [0.5, 0.6) is 11.5 Å². The maximum Gasteiger partial charge on any atom is 0.331 e. The van der Waals surface area contributed by atoms with Crippen molar-refractivity contribution in [1.82, 2.24) is 10.5 Å². The molecule has 0 fully saturated rings. The van der Waals surface area contributed by atoms with Gasteiger partial charge in [0.25, 0.3) is 5.91 Å². The number of carbonyl (C=O) groups excluding carboxylic acids is 2. The molecule has 9 heteroatoms. The Morgan fingerprint density at radius 1 is 1.22 bits per heavy atom. The van der Waals surface area contributed by atoms with E-state index in [2.05, 4.69) is 10.5 Å². The average molecular weight is 457 g/mol. The van der Waals surface area contributed by atoms with E-state index in [1.807, 2.05) is 31.4 Å². The molecule has 0 aliphatic rings. The monoisotopic (exact) mass is 456 g/mol. The molecule has 1 N–H and O–H groups in total. The molecule has 2 aromatic heterocycles. The van der Waals surface area contributed by atoms with Crippen LogP contribution in [0.15, 0.2) is 46.3 Å². The number of amides is 1. The van der Waals surface area contributed by atoms with E-state index in [0.29, 0.717) is 36.0 Å². The van der Waals surface area contributed by atoms with Crippen molar-refractivity contribution in [1.29, 1.82) is 0 Å². The third kappa shape index (κ3) is 6.45. The standard InChI is InChI=1S/C23H24N2O6S/c1-15-19(16(2)31-25-15)13-29-20-8-6-17(11-21(20)28-3)7-9-23(27)30-14-22(26)24-12-18-5-4-10-32-18/h4-11H,12-14H2,1-3H3,(H,24,26)/b9-7+. The van der Waals surface area contributed by atoms with Crippen LogP contribution in [-0.4, -0.2) is 30.7 Å². The summed E-state index contributed by atoms with van der Waals surface area (Å²) in [6, 6.07) is 9.09. The van der Waals surface area contributed by atoms with E-state index in [4.69, 9.17) is 18.7 Å². The number of hydrogen-bond acceptors (Lipinski definition) is 8. The average Bonchev–Trinajstić information content (AvgIpc) is 3.43. The van der Waals surface area contributed by atoms with Gasteiger partial charge < -0.3 is 24.1 Å². The van der Waals surface area contributed by atoms with Crippen molar-refractivity contribution < 1.29 is 28.3 Å². The normalized spacial score (nSPS) is 10.8. The largest absolute Gasteiger partial charge is 0.493 e. The summed E-state index contributed by atoms with van der Waals surface area (Å²) in [5.74, 6) is 0.796. The number of carbonyl (C=O) groups is 2. The van der Waals surface area contributed by atoms with Gasteiger partial charge in [0.05, 0.1) is 24.9 Å². The molecule has 168 valence electrons. The van der Waals surface area contributed by atoms with Crippen molar-refractivity contribution in [2.75, 3.05) is 13.7 Å². The fourth-order valence-electron chi connectivity index (χ4n) is 2.76. The van der Waals surface area contributed by atoms with E-state index in [-0.39, 0.29) is 12.5 Å². The molecule has 8 nitrogen and oxygen atoms in total. The molecule has 0 atom stereocenters. The van der Waals surface area contributed by atoms with Crippen molar-refractivity contribution in [3.63, 3.8) is 0 Å². The third-order valence-electron chi connectivity index (χ3n) is 4.54. The predicted octanol–water partition coefficient (Wildman–Crippen LogP) is 3.81. The molecule has 0 aliphatic heterocycles. The Labute approximate surface area is 189 Å². The lowest BCUT2D eigenvalue weighted by molar-refractivity contribution is -0.143. The zero-order valence-corrected chi connectivity index (χ0v) is 18.9. The second kappa shape index (κ2) is 11.1. The third-order valence-corrected chi connectivity index (χ3v) is 5.41. The van der Waals surface area contributed by atoms with E-state index >= 15 is 0 Å². The van der Waals surface area contributed by atoms with Crippen LogP contribution in [-0.2, 0) is 27.5 Å². The minimum Gasteiger partial charge on any atom is -0.493 e. The van der Waals surface area contributed by atoms with E-state index in [1.54, 1.807) is 35.6 Å². The molecular weight excluding hydrogens is 432 g/mol. The van der Waals surface area contributed by atoms with Crippen LogP contribution in [0, 0.1) is 13.8 Å². The summed E-state index contributed by atoms with van der Waals surface area (Å²) in [5, 5.41) is 8.53. The van der Waals surface area contributed by atoms with Gasteiger partial charge in [0.15, 0.2) is 18.1 Å². The van der Waals surface area contributed by atoms with Gasteiger partial charge in [0.1, 0.15) is 12.4 Å². The highest BCUT2D eigenvalue weighted by Crippen LogP contribution is 2.30. The number of benzene rings is 1. The molecule has 3 aromatic rings. The van der Waals surface area contributed by atoms with Gasteiger partial charge in [0.2, 0.25) is 0 Å². The van der Waals surface area contributed by atoms with E-state index in [0.717, 1.165) is 16.1 Å². The second-order valence-electron chi connectivity index (χ2n) is 6.80. The molecule has 0 unspecified atom stereocenters. The molecule has 2 heterocycles. The zero-order chi connectivity index (χ0) is 22.9. The van der Waals surface area contributed by atoms with Crippen LogP contribution < -0.4 is 14.8 Å². The first-order chi connectivity index (χ1) is 15.5. The minimum atomic E-state index is -0.617. The summed E-state index contributed by atoms with van der Waals surface area (Å²) in [6.07, 6.45) is 2.83. The topological polar surface area (TPSA) is 99.9 Å². The Balaban J connectivity index is 1.50. The van der Waals surface area contributed by atoms with E-state index in [1.165, 1.54) is 13.2 Å². The molecule has 0 radical (unpaired) electrons. The number of aromatic nitrogens is 1. The Kier molecular flexibility index (Phi) is 8.04. The van der Waals surface area contributed by atoms with Crippen LogP contribution in [0.25, 0.3) is 6.08 Å². The maximum atomic E-state index is 11.9. The summed E-state index contributed by atoms with van der Waals surface area (Å²) < 4.78 is 21.4. The summed E-state index contributed by atoms with van der Waals surface area (Å²) >= 11 is 1.54. The summed E-state index contributed by atoms with van der Waals surface area (Å²) in [6.45, 7) is 4.05. The Bertz CT molecular complexity index is 1070. The summed E-state index contributed by atoms with van der Waals surface area (Å²) in [5.41, 5.74) is 2.38. The van der Waals surface area contributed by atoms with Crippen molar-refractivity contribution in [3.8, 4) is 11.5 Å². The van der Waals surface area contributed by atoms with Crippen LogP contribution >= 0.6 is 11.3 Å². The first kappa shape index (κ1) is 23.1. The van der Waals surface area contributed by atoms with E-state index in [9.17, 15) is 9.59 Å². The summed E-state index contributed by atoms with van der Waals surface area (Å²) in [4.78, 5) is 24.7. The molecule has 0 bridgehead atoms. The van der Waals surface area contributed by atoms with Gasteiger partial charge in [-0.25, -0.2) is 4.79 Å². The number of methoxy groups -OCH3 is 1. The first-order valence-corrected chi connectivity index (χ1v) is 10.7. The smallest absolute Gasteiger partial charge is 0.331 e. The molecule has 1 aromatic carbocycles. The van der Waals surface area contributed by atoms with Crippen LogP contribution in [0.4, 0.5) is 0 Å². The molecule has 32 heavy (non-hydrogen) atoms. The Hall–Kier alpha value is -3.59. The van der Waals surface area contributed by atoms with Crippen LogP contribution in [0.3, 0.4) is 0 Å². The summed E-state index contributed by atoms with van der Waals surface area (Å²) in [7, 11) is 1.54. The lowest BCUT2D eigenvalue weighted by atomic mass is 10.2. The highest BCUT2D eigenvalue weighted by molar-refractivity contribution is 7.09. The molecule has 0 saturated heterocycles. The van der Waals surface area contributed by atoms with Crippen molar-refractivity contribution in [3.05, 3.63) is 69.2 Å². The van der Waals surface area contributed by atoms with Crippen molar-refractivity contribution in [2.24, 2.45) is 0 Å². The SMILES string of the molecule is COc1cc(/C=C/C(=O)OCC(=O)NCc2cccs2)ccc1OCc1c(C)noc1C. The number of nitrogens with zero attached hydrogens (tertiary/aromatic N) is 1. The lowest BCUT2D eigenvalue weighted by Crippen LogP contribution is -2.27. The van der Waals surface area contributed by atoms with Gasteiger partial charge in [-0.2, -0.15) is 0 Å². The fourth-order valence-corrected chi connectivity index (χ4v) is 3.41. The highest BCUT2D eigenvalue weighted by Gasteiger charge is 2.12. The van der Waals surface area contributed by atoms with Gasteiger partial charge in [0, 0.05) is 11.0 Å². The van der Waals surface area contributed by atoms with E-state index < -0.39 is 5.97 Å². The number of rotatable bonds is 10. The quantitative estimate of drug-likeness (QED) is 0.366. The number of esters is 1. The van der Waals surface area contributed by atoms with Gasteiger partial charge in [-0.05, 0) is 49.1 Å². The fraction of sp³-hybridized carbons (Fsp3) is 0.261. The predicted molar refractivity (Wildman–Crippen MR) is 119 cm³/mol. The molecular formula is C23H24N2O6S. The number of hydrogen-bond donors (Lipinski definition) is 1. The highest BCUT2D eigenvalue weighted by atomic mass is 32.1. The van der Waals surface area contributed by atoms with Crippen LogP contribution in [0.1, 0.15) is 27.5 Å². The Morgan fingerprint density at radius 3 is 2.75 bits per heavy atom. The van der Waals surface area contributed by atoms with Gasteiger partial charge >= 0.3 is 5.97 Å². The Morgan fingerprint density at radius 2 is 2.06 bits per heavy atom.